The van der Waals surface area contributed by atoms with Crippen molar-refractivity contribution in [3.8, 4) is 5.88 Å². The van der Waals surface area contributed by atoms with Crippen molar-refractivity contribution in [2.45, 2.75) is 40.0 Å². The van der Waals surface area contributed by atoms with Crippen LogP contribution in [0, 0.1) is 13.8 Å². The molecule has 4 rings (SSSR count). The summed E-state index contributed by atoms with van der Waals surface area (Å²) in [4.78, 5) is 38.7. The maximum absolute atomic E-state index is 12.7. The normalized spacial score (nSPS) is 13.0. The molecule has 0 saturated heterocycles. The zero-order valence-electron chi connectivity index (χ0n) is 16.0. The van der Waals surface area contributed by atoms with Gasteiger partial charge in [-0.25, -0.2) is 14.8 Å². The van der Waals surface area contributed by atoms with Gasteiger partial charge < -0.3 is 14.5 Å². The monoisotopic (exact) mass is 399 g/mol. The van der Waals surface area contributed by atoms with Crippen LogP contribution in [0.3, 0.4) is 0 Å². The second kappa shape index (κ2) is 7.35. The Labute approximate surface area is 166 Å². The fourth-order valence-electron chi connectivity index (χ4n) is 3.75. The molecule has 8 heteroatoms. The van der Waals surface area contributed by atoms with Gasteiger partial charge in [0, 0.05) is 10.6 Å². The highest BCUT2D eigenvalue weighted by Gasteiger charge is 2.25. The number of nitrogens with one attached hydrogen (secondary N) is 1. The second-order valence-corrected chi connectivity index (χ2v) is 7.86. The molecular formula is C20H21N3O4S. The van der Waals surface area contributed by atoms with E-state index in [1.165, 1.54) is 16.8 Å². The van der Waals surface area contributed by atoms with E-state index in [9.17, 15) is 9.59 Å². The molecule has 0 amide bonds. The molecule has 3 heterocycles. The number of aryl methyl sites for hydroxylation is 3. The number of ketones is 1. The number of rotatable bonds is 6. The van der Waals surface area contributed by atoms with Gasteiger partial charge in [-0.3, -0.25) is 4.79 Å². The van der Waals surface area contributed by atoms with Crippen LogP contribution in [-0.2, 0) is 17.6 Å². The predicted octanol–water partition coefficient (Wildman–Crippen LogP) is 3.56. The summed E-state index contributed by atoms with van der Waals surface area (Å²) >= 11 is 1.67. The molecule has 0 saturated carbocycles. The maximum Gasteiger partial charge on any atom is 0.340 e. The Balaban J connectivity index is 1.57. The van der Waals surface area contributed by atoms with Crippen molar-refractivity contribution in [3.63, 3.8) is 0 Å². The van der Waals surface area contributed by atoms with Gasteiger partial charge in [-0.15, -0.1) is 11.3 Å². The number of carbonyl (C=O) groups is 2. The van der Waals surface area contributed by atoms with Crippen molar-refractivity contribution in [3.05, 3.63) is 39.3 Å². The number of fused-ring (bicyclic) bond motifs is 3. The molecule has 0 spiro atoms. The van der Waals surface area contributed by atoms with Crippen LogP contribution in [0.15, 0.2) is 6.33 Å². The highest BCUT2D eigenvalue weighted by molar-refractivity contribution is 7.18. The molecule has 3 aromatic rings. The molecule has 0 fully saturated rings. The number of esters is 1. The van der Waals surface area contributed by atoms with Gasteiger partial charge in [-0.2, -0.15) is 0 Å². The van der Waals surface area contributed by atoms with Crippen molar-refractivity contribution in [1.82, 2.24) is 15.0 Å². The van der Waals surface area contributed by atoms with Crippen LogP contribution < -0.4 is 4.74 Å². The number of hydrogen-bond donors (Lipinski definition) is 1. The first-order chi connectivity index (χ1) is 13.5. The fourth-order valence-corrected chi connectivity index (χ4v) is 4.97. The van der Waals surface area contributed by atoms with Crippen LogP contribution in [0.25, 0.3) is 10.2 Å². The molecule has 1 aliphatic rings. The van der Waals surface area contributed by atoms with Crippen molar-refractivity contribution >= 4 is 33.3 Å². The Morgan fingerprint density at radius 1 is 1.25 bits per heavy atom. The largest absolute Gasteiger partial charge is 0.469 e. The Hall–Kier alpha value is -2.74. The molecule has 3 aromatic heterocycles. The van der Waals surface area contributed by atoms with Gasteiger partial charge in [0.25, 0.3) is 0 Å². The molecule has 146 valence electrons. The zero-order valence-corrected chi connectivity index (χ0v) is 16.9. The number of H-pyrrole nitrogens is 1. The van der Waals surface area contributed by atoms with E-state index in [2.05, 4.69) is 15.0 Å². The van der Waals surface area contributed by atoms with Crippen LogP contribution in [0.1, 0.15) is 55.9 Å². The fraction of sp³-hybridized carbons (Fsp3) is 0.400. The first kappa shape index (κ1) is 18.6. The van der Waals surface area contributed by atoms with Crippen molar-refractivity contribution < 1.29 is 19.1 Å². The van der Waals surface area contributed by atoms with Crippen molar-refractivity contribution in [1.29, 1.82) is 0 Å². The van der Waals surface area contributed by atoms with E-state index in [4.69, 9.17) is 9.47 Å². The van der Waals surface area contributed by atoms with E-state index in [1.807, 2.05) is 0 Å². The van der Waals surface area contributed by atoms with Gasteiger partial charge >= 0.3 is 5.97 Å². The average molecular weight is 399 g/mol. The number of hydrogen-bond acceptors (Lipinski definition) is 7. The van der Waals surface area contributed by atoms with Crippen LogP contribution in [0.5, 0.6) is 5.88 Å². The number of aromatic amines is 1. The van der Waals surface area contributed by atoms with E-state index in [-0.39, 0.29) is 19.0 Å². The van der Waals surface area contributed by atoms with E-state index in [1.54, 1.807) is 32.1 Å². The average Bonchev–Trinajstić information content (AvgIpc) is 3.32. The SMILES string of the molecule is CCOC(=O)c1c(C)[nH]c(C(=O)COc2ncnc3sc4c(c23)CCC4)c1C. The molecule has 0 atom stereocenters. The summed E-state index contributed by atoms with van der Waals surface area (Å²) in [6, 6.07) is 0. The molecule has 1 aliphatic carbocycles. The lowest BCUT2D eigenvalue weighted by molar-refractivity contribution is 0.0525. The van der Waals surface area contributed by atoms with Gasteiger partial charge in [-0.1, -0.05) is 0 Å². The van der Waals surface area contributed by atoms with E-state index < -0.39 is 5.97 Å². The third-order valence-corrected chi connectivity index (χ3v) is 6.20. The summed E-state index contributed by atoms with van der Waals surface area (Å²) in [6.45, 7) is 5.35. The third-order valence-electron chi connectivity index (χ3n) is 5.00. The van der Waals surface area contributed by atoms with Crippen LogP contribution in [0.2, 0.25) is 0 Å². The minimum atomic E-state index is -0.430. The number of nitrogens with zero attached hydrogens (tertiary/aromatic N) is 2. The summed E-state index contributed by atoms with van der Waals surface area (Å²) in [5.74, 6) is -0.223. The molecule has 0 aromatic carbocycles. The standard InChI is InChI=1S/C20H21N3O4S/c1-4-26-20(25)15-10(2)17(23-11(15)3)13(24)8-27-18-16-12-6-5-7-14(12)28-19(16)22-9-21-18/h9,23H,4-8H2,1-3H3. The van der Waals surface area contributed by atoms with Gasteiger partial charge in [0.2, 0.25) is 11.7 Å². The number of thiophene rings is 1. The summed E-state index contributed by atoms with van der Waals surface area (Å²) in [7, 11) is 0. The summed E-state index contributed by atoms with van der Waals surface area (Å²) < 4.78 is 10.9. The molecule has 0 bridgehead atoms. The first-order valence-corrected chi connectivity index (χ1v) is 10.1. The van der Waals surface area contributed by atoms with Gasteiger partial charge in [0.1, 0.15) is 11.2 Å². The molecule has 1 N–H and O–H groups in total. The Kier molecular flexibility index (Phi) is 4.89. The topological polar surface area (TPSA) is 94.2 Å². The zero-order chi connectivity index (χ0) is 19.8. The lowest BCUT2D eigenvalue weighted by Crippen LogP contribution is -2.14. The predicted molar refractivity (Wildman–Crippen MR) is 105 cm³/mol. The number of Topliss-reactive ketones (excluding diaryl/α,β-unsaturated/α-hetero) is 1. The lowest BCUT2D eigenvalue weighted by Gasteiger charge is -2.07. The molecule has 7 nitrogen and oxygen atoms in total. The third kappa shape index (κ3) is 3.07. The number of aromatic nitrogens is 3. The van der Waals surface area contributed by atoms with E-state index in [0.717, 1.165) is 29.5 Å². The smallest absolute Gasteiger partial charge is 0.340 e. The summed E-state index contributed by atoms with van der Waals surface area (Å²) in [5.41, 5.74) is 3.21. The molecule has 28 heavy (non-hydrogen) atoms. The minimum Gasteiger partial charge on any atom is -0.469 e. The highest BCUT2D eigenvalue weighted by Crippen LogP contribution is 2.39. The van der Waals surface area contributed by atoms with Crippen LogP contribution in [-0.4, -0.2) is 39.9 Å². The van der Waals surface area contributed by atoms with Gasteiger partial charge in [-0.05, 0) is 51.2 Å². The summed E-state index contributed by atoms with van der Waals surface area (Å²) in [6.07, 6.45) is 4.65. The van der Waals surface area contributed by atoms with Crippen LogP contribution >= 0.6 is 11.3 Å². The van der Waals surface area contributed by atoms with Crippen molar-refractivity contribution in [2.75, 3.05) is 13.2 Å². The minimum absolute atomic E-state index is 0.167. The molecule has 0 aliphatic heterocycles. The van der Waals surface area contributed by atoms with Crippen molar-refractivity contribution in [2.24, 2.45) is 0 Å². The first-order valence-electron chi connectivity index (χ1n) is 9.28. The quantitative estimate of drug-likeness (QED) is 0.503. The molecule has 0 radical (unpaired) electrons. The Bertz CT molecular complexity index is 1080. The highest BCUT2D eigenvalue weighted by atomic mass is 32.1. The van der Waals surface area contributed by atoms with E-state index in [0.29, 0.717) is 28.4 Å². The molecule has 0 unspecified atom stereocenters. The van der Waals surface area contributed by atoms with E-state index >= 15 is 0 Å². The maximum atomic E-state index is 12.7. The Morgan fingerprint density at radius 2 is 2.07 bits per heavy atom. The van der Waals surface area contributed by atoms with Gasteiger partial charge in [0.05, 0.1) is 23.3 Å². The summed E-state index contributed by atoms with van der Waals surface area (Å²) in [5, 5.41) is 0.930. The Morgan fingerprint density at radius 3 is 2.86 bits per heavy atom. The number of carbonyl (C=O) groups excluding carboxylic acids is 2. The second-order valence-electron chi connectivity index (χ2n) is 6.77. The molecular weight excluding hydrogens is 378 g/mol. The van der Waals surface area contributed by atoms with Gasteiger partial charge in [0.15, 0.2) is 6.61 Å². The number of ether oxygens (including phenoxy) is 2. The van der Waals surface area contributed by atoms with Crippen LogP contribution in [0.4, 0.5) is 0 Å². The lowest BCUT2D eigenvalue weighted by atomic mass is 10.1.